The molecule has 0 aromatic carbocycles. The standard InChI is InChI=1S/C12H25NO2/c1-5-6-7-8-9-10-12(2,11(14)15)13(3)4/h5-10H2,1-4H3,(H,14,15). The van der Waals surface area contributed by atoms with Crippen molar-refractivity contribution < 1.29 is 9.90 Å². The van der Waals surface area contributed by atoms with Gasteiger partial charge in [0.2, 0.25) is 0 Å². The normalized spacial score (nSPS) is 15.3. The molecule has 0 rings (SSSR count). The van der Waals surface area contributed by atoms with E-state index in [0.717, 1.165) is 19.3 Å². The van der Waals surface area contributed by atoms with E-state index in [4.69, 9.17) is 5.11 Å². The number of rotatable bonds is 8. The van der Waals surface area contributed by atoms with Crippen molar-refractivity contribution in [3.8, 4) is 0 Å². The summed E-state index contributed by atoms with van der Waals surface area (Å²) in [6.07, 6.45) is 6.58. The van der Waals surface area contributed by atoms with E-state index in [2.05, 4.69) is 6.92 Å². The van der Waals surface area contributed by atoms with Gasteiger partial charge >= 0.3 is 5.97 Å². The van der Waals surface area contributed by atoms with E-state index in [1.807, 2.05) is 14.1 Å². The minimum atomic E-state index is -0.719. The molecule has 0 heterocycles. The lowest BCUT2D eigenvalue weighted by Gasteiger charge is -2.32. The molecule has 0 aliphatic rings. The number of carboxylic acid groups (broad SMARTS) is 1. The number of carboxylic acids is 1. The van der Waals surface area contributed by atoms with Crippen molar-refractivity contribution in [2.75, 3.05) is 14.1 Å². The summed E-state index contributed by atoms with van der Waals surface area (Å²) in [5, 5.41) is 9.16. The summed E-state index contributed by atoms with van der Waals surface area (Å²) in [5.74, 6) is -0.719. The molecule has 0 radical (unpaired) electrons. The summed E-state index contributed by atoms with van der Waals surface area (Å²) in [7, 11) is 3.67. The van der Waals surface area contributed by atoms with Crippen LogP contribution in [0.25, 0.3) is 0 Å². The van der Waals surface area contributed by atoms with Gasteiger partial charge in [0, 0.05) is 0 Å². The molecule has 1 atom stereocenters. The van der Waals surface area contributed by atoms with Gasteiger partial charge in [-0.2, -0.15) is 0 Å². The highest BCUT2D eigenvalue weighted by Gasteiger charge is 2.34. The molecule has 0 aliphatic heterocycles. The smallest absolute Gasteiger partial charge is 0.323 e. The molecule has 0 fully saturated rings. The first-order valence-corrected chi connectivity index (χ1v) is 5.86. The van der Waals surface area contributed by atoms with Crippen LogP contribution in [-0.4, -0.2) is 35.6 Å². The summed E-state index contributed by atoms with van der Waals surface area (Å²) in [6, 6.07) is 0. The number of aliphatic carboxylic acids is 1. The van der Waals surface area contributed by atoms with Crippen LogP contribution in [0.3, 0.4) is 0 Å². The van der Waals surface area contributed by atoms with E-state index in [9.17, 15) is 4.79 Å². The highest BCUT2D eigenvalue weighted by Crippen LogP contribution is 2.20. The Labute approximate surface area is 93.5 Å². The number of unbranched alkanes of at least 4 members (excludes halogenated alkanes) is 4. The van der Waals surface area contributed by atoms with Crippen molar-refractivity contribution >= 4 is 5.97 Å². The number of nitrogens with zero attached hydrogens (tertiary/aromatic N) is 1. The van der Waals surface area contributed by atoms with Crippen molar-refractivity contribution in [2.45, 2.75) is 57.9 Å². The van der Waals surface area contributed by atoms with Gasteiger partial charge in [0.25, 0.3) is 0 Å². The molecule has 0 bridgehead atoms. The molecule has 90 valence electrons. The number of hydrogen-bond acceptors (Lipinski definition) is 2. The molecule has 1 N–H and O–H groups in total. The molecular weight excluding hydrogens is 190 g/mol. The van der Waals surface area contributed by atoms with E-state index in [1.54, 1.807) is 11.8 Å². The Morgan fingerprint density at radius 3 is 2.13 bits per heavy atom. The summed E-state index contributed by atoms with van der Waals surface area (Å²) in [6.45, 7) is 3.98. The SMILES string of the molecule is CCCCCCCC(C)(C(=O)O)N(C)C. The second-order valence-electron chi connectivity index (χ2n) is 4.64. The van der Waals surface area contributed by atoms with E-state index in [-0.39, 0.29) is 0 Å². The van der Waals surface area contributed by atoms with Crippen LogP contribution in [0.4, 0.5) is 0 Å². The quantitative estimate of drug-likeness (QED) is 0.633. The van der Waals surface area contributed by atoms with E-state index >= 15 is 0 Å². The van der Waals surface area contributed by atoms with Gasteiger partial charge in [0.05, 0.1) is 0 Å². The lowest BCUT2D eigenvalue weighted by atomic mass is 9.93. The van der Waals surface area contributed by atoms with Gasteiger partial charge in [-0.15, -0.1) is 0 Å². The monoisotopic (exact) mass is 215 g/mol. The fraction of sp³-hybridized carbons (Fsp3) is 0.917. The molecule has 0 spiro atoms. The maximum absolute atomic E-state index is 11.1. The Morgan fingerprint density at radius 2 is 1.73 bits per heavy atom. The third-order valence-electron chi connectivity index (χ3n) is 3.21. The second-order valence-corrected chi connectivity index (χ2v) is 4.64. The third-order valence-corrected chi connectivity index (χ3v) is 3.21. The zero-order chi connectivity index (χ0) is 11.9. The fourth-order valence-electron chi connectivity index (χ4n) is 1.59. The summed E-state index contributed by atoms with van der Waals surface area (Å²) in [5.41, 5.74) is -0.702. The third kappa shape index (κ3) is 4.65. The zero-order valence-electron chi connectivity index (χ0n) is 10.5. The highest BCUT2D eigenvalue weighted by atomic mass is 16.4. The summed E-state index contributed by atoms with van der Waals surface area (Å²) >= 11 is 0. The Morgan fingerprint density at radius 1 is 1.20 bits per heavy atom. The lowest BCUT2D eigenvalue weighted by molar-refractivity contribution is -0.149. The van der Waals surface area contributed by atoms with Crippen LogP contribution in [0.2, 0.25) is 0 Å². The highest BCUT2D eigenvalue weighted by molar-refractivity contribution is 5.78. The topological polar surface area (TPSA) is 40.5 Å². The van der Waals surface area contributed by atoms with Gasteiger partial charge in [0.15, 0.2) is 0 Å². The van der Waals surface area contributed by atoms with Gasteiger partial charge in [-0.3, -0.25) is 9.69 Å². The van der Waals surface area contributed by atoms with Crippen molar-refractivity contribution in [1.82, 2.24) is 4.90 Å². The van der Waals surface area contributed by atoms with Gasteiger partial charge in [0.1, 0.15) is 5.54 Å². The number of hydrogen-bond donors (Lipinski definition) is 1. The van der Waals surface area contributed by atoms with Crippen LogP contribution < -0.4 is 0 Å². The summed E-state index contributed by atoms with van der Waals surface area (Å²) < 4.78 is 0. The van der Waals surface area contributed by atoms with Gasteiger partial charge < -0.3 is 5.11 Å². The van der Waals surface area contributed by atoms with Gasteiger partial charge in [-0.1, -0.05) is 39.0 Å². The van der Waals surface area contributed by atoms with Crippen LogP contribution in [0.15, 0.2) is 0 Å². The van der Waals surface area contributed by atoms with Gasteiger partial charge in [-0.25, -0.2) is 0 Å². The van der Waals surface area contributed by atoms with E-state index < -0.39 is 11.5 Å². The van der Waals surface area contributed by atoms with Crippen molar-refractivity contribution in [1.29, 1.82) is 0 Å². The van der Waals surface area contributed by atoms with Gasteiger partial charge in [-0.05, 0) is 27.4 Å². The van der Waals surface area contributed by atoms with Crippen molar-refractivity contribution in [3.63, 3.8) is 0 Å². The molecule has 0 aromatic rings. The first kappa shape index (κ1) is 14.4. The number of carbonyl (C=O) groups is 1. The lowest BCUT2D eigenvalue weighted by Crippen LogP contribution is -2.48. The van der Waals surface area contributed by atoms with E-state index in [0.29, 0.717) is 0 Å². The van der Waals surface area contributed by atoms with Crippen molar-refractivity contribution in [2.24, 2.45) is 0 Å². The molecular formula is C12H25NO2. The average molecular weight is 215 g/mol. The molecule has 3 nitrogen and oxygen atoms in total. The molecule has 0 aliphatic carbocycles. The molecule has 0 saturated carbocycles. The average Bonchev–Trinajstić information content (AvgIpc) is 2.16. The van der Waals surface area contributed by atoms with E-state index in [1.165, 1.54) is 19.3 Å². The molecule has 0 aromatic heterocycles. The van der Waals surface area contributed by atoms with Crippen molar-refractivity contribution in [3.05, 3.63) is 0 Å². The molecule has 0 amide bonds. The molecule has 3 heteroatoms. The fourth-order valence-corrected chi connectivity index (χ4v) is 1.59. The minimum Gasteiger partial charge on any atom is -0.480 e. The maximum Gasteiger partial charge on any atom is 0.323 e. The largest absolute Gasteiger partial charge is 0.480 e. The van der Waals surface area contributed by atoms with Crippen LogP contribution in [0, 0.1) is 0 Å². The first-order chi connectivity index (χ1) is 6.95. The molecule has 15 heavy (non-hydrogen) atoms. The van der Waals surface area contributed by atoms with Crippen LogP contribution in [-0.2, 0) is 4.79 Å². The van der Waals surface area contributed by atoms with Crippen LogP contribution in [0.5, 0.6) is 0 Å². The maximum atomic E-state index is 11.1. The Hall–Kier alpha value is -0.570. The molecule has 0 saturated heterocycles. The minimum absolute atomic E-state index is 0.702. The predicted octanol–water partition coefficient (Wildman–Crippen LogP) is 2.75. The second kappa shape index (κ2) is 6.83. The Kier molecular flexibility index (Phi) is 6.57. The molecule has 1 unspecified atom stereocenters. The van der Waals surface area contributed by atoms with Crippen LogP contribution in [0.1, 0.15) is 52.4 Å². The predicted molar refractivity (Wildman–Crippen MR) is 63.1 cm³/mol. The Balaban J connectivity index is 3.93. The van der Waals surface area contributed by atoms with Crippen LogP contribution >= 0.6 is 0 Å². The summed E-state index contributed by atoms with van der Waals surface area (Å²) in [4.78, 5) is 12.9. The zero-order valence-corrected chi connectivity index (χ0v) is 10.5. The first-order valence-electron chi connectivity index (χ1n) is 5.86. The Bertz CT molecular complexity index is 192. The number of likely N-dealkylation sites (N-methyl/N-ethyl adjacent to an activating group) is 1.